The molecule has 1 N–H and O–H groups in total. The number of aromatic nitrogens is 3. The lowest BCUT2D eigenvalue weighted by Gasteiger charge is -2.34. The summed E-state index contributed by atoms with van der Waals surface area (Å²) in [6.07, 6.45) is 13.6. The van der Waals surface area contributed by atoms with E-state index in [2.05, 4.69) is 30.3 Å². The van der Waals surface area contributed by atoms with Gasteiger partial charge in [0.05, 0.1) is 17.4 Å². The Morgan fingerprint density at radius 2 is 1.89 bits per heavy atom. The number of amides is 1. The molecule has 1 aliphatic heterocycles. The first-order valence-electron chi connectivity index (χ1n) is 13.5. The second-order valence-electron chi connectivity index (χ2n) is 10.8. The summed E-state index contributed by atoms with van der Waals surface area (Å²) in [6.45, 7) is 6.12. The Bertz CT molecular complexity index is 1070. The molecule has 2 aromatic heterocycles. The molecule has 0 bridgehead atoms. The lowest BCUT2D eigenvalue weighted by molar-refractivity contribution is -0.133. The van der Waals surface area contributed by atoms with Crippen LogP contribution in [0.15, 0.2) is 17.2 Å². The highest BCUT2D eigenvalue weighted by molar-refractivity contribution is 5.81. The van der Waals surface area contributed by atoms with Crippen molar-refractivity contribution in [3.05, 3.63) is 28.3 Å². The summed E-state index contributed by atoms with van der Waals surface area (Å²) in [7, 11) is 3.83. The highest BCUT2D eigenvalue weighted by atomic mass is 16.2. The molecule has 3 heterocycles. The zero-order chi connectivity index (χ0) is 24.9. The quantitative estimate of drug-likeness (QED) is 0.608. The van der Waals surface area contributed by atoms with E-state index in [1.165, 1.54) is 24.8 Å². The first-order valence-corrected chi connectivity index (χ1v) is 13.5. The number of hydrogen-bond donors (Lipinski definition) is 1. The van der Waals surface area contributed by atoms with Gasteiger partial charge in [0.2, 0.25) is 11.9 Å². The molecule has 1 unspecified atom stereocenters. The SMILES string of the molecule is CCCC(C)Nc1ncc2c(=O)n(C3CCN(C(=O)CN(C)C)CC3)cc(C3CCCCC3)c2n1. The van der Waals surface area contributed by atoms with E-state index in [4.69, 9.17) is 4.98 Å². The highest BCUT2D eigenvalue weighted by Gasteiger charge is 2.28. The van der Waals surface area contributed by atoms with Gasteiger partial charge in [0.1, 0.15) is 0 Å². The number of likely N-dealkylation sites (tertiary alicyclic amines) is 1. The second kappa shape index (κ2) is 11.5. The molecule has 1 atom stereocenters. The minimum absolute atomic E-state index is 0.00853. The Labute approximate surface area is 209 Å². The van der Waals surface area contributed by atoms with Crippen LogP contribution in [-0.2, 0) is 4.79 Å². The Morgan fingerprint density at radius 3 is 2.54 bits per heavy atom. The van der Waals surface area contributed by atoms with Crippen LogP contribution in [0.25, 0.3) is 10.9 Å². The van der Waals surface area contributed by atoms with Gasteiger partial charge in [0, 0.05) is 37.6 Å². The number of hydrogen-bond acceptors (Lipinski definition) is 6. The molecule has 1 amide bonds. The maximum atomic E-state index is 13.6. The van der Waals surface area contributed by atoms with E-state index in [-0.39, 0.29) is 23.6 Å². The first-order chi connectivity index (χ1) is 16.9. The minimum Gasteiger partial charge on any atom is -0.352 e. The van der Waals surface area contributed by atoms with Gasteiger partial charge in [0.15, 0.2) is 0 Å². The number of nitrogens with zero attached hydrogens (tertiary/aromatic N) is 5. The lowest BCUT2D eigenvalue weighted by atomic mass is 9.84. The molecule has 192 valence electrons. The van der Waals surface area contributed by atoms with Gasteiger partial charge in [-0.25, -0.2) is 9.97 Å². The summed E-state index contributed by atoms with van der Waals surface area (Å²) in [5.74, 6) is 1.20. The number of anilines is 1. The first kappa shape index (κ1) is 25.6. The molecule has 35 heavy (non-hydrogen) atoms. The normalized spacial score (nSPS) is 18.8. The molecule has 0 aromatic carbocycles. The van der Waals surface area contributed by atoms with Crippen LogP contribution in [0.3, 0.4) is 0 Å². The number of rotatable bonds is 8. The van der Waals surface area contributed by atoms with Crippen LogP contribution in [0.4, 0.5) is 5.95 Å². The Morgan fingerprint density at radius 1 is 1.17 bits per heavy atom. The molecular formula is C27H42N6O2. The van der Waals surface area contributed by atoms with Crippen molar-refractivity contribution in [2.75, 3.05) is 39.0 Å². The third kappa shape index (κ3) is 6.02. The number of nitrogens with one attached hydrogen (secondary N) is 1. The average molecular weight is 483 g/mol. The van der Waals surface area contributed by atoms with Crippen molar-refractivity contribution in [3.8, 4) is 0 Å². The molecule has 8 nitrogen and oxygen atoms in total. The number of carbonyl (C=O) groups is 1. The van der Waals surface area contributed by atoms with E-state index in [1.54, 1.807) is 6.20 Å². The van der Waals surface area contributed by atoms with E-state index < -0.39 is 0 Å². The number of pyridine rings is 1. The van der Waals surface area contributed by atoms with Crippen LogP contribution < -0.4 is 10.9 Å². The summed E-state index contributed by atoms with van der Waals surface area (Å²) in [6, 6.07) is 0.386. The number of likely N-dealkylation sites (N-methyl/N-ethyl adjacent to an activating group) is 1. The monoisotopic (exact) mass is 482 g/mol. The fraction of sp³-hybridized carbons (Fsp3) is 0.704. The van der Waals surface area contributed by atoms with Crippen molar-refractivity contribution < 1.29 is 4.79 Å². The maximum Gasteiger partial charge on any atom is 0.261 e. The van der Waals surface area contributed by atoms with Crippen LogP contribution in [0.2, 0.25) is 0 Å². The van der Waals surface area contributed by atoms with Gasteiger partial charge in [-0.2, -0.15) is 0 Å². The Balaban J connectivity index is 1.65. The van der Waals surface area contributed by atoms with Crippen molar-refractivity contribution >= 4 is 22.8 Å². The Kier molecular flexibility index (Phi) is 8.42. The third-order valence-corrected chi connectivity index (χ3v) is 7.61. The van der Waals surface area contributed by atoms with Crippen LogP contribution in [0.5, 0.6) is 0 Å². The summed E-state index contributed by atoms with van der Waals surface area (Å²) >= 11 is 0. The molecule has 1 saturated heterocycles. The average Bonchev–Trinajstić information content (AvgIpc) is 2.85. The zero-order valence-corrected chi connectivity index (χ0v) is 21.9. The Hall–Kier alpha value is -2.48. The van der Waals surface area contributed by atoms with E-state index in [0.29, 0.717) is 36.9 Å². The predicted octanol–water partition coefficient (Wildman–Crippen LogP) is 4.16. The second-order valence-corrected chi connectivity index (χ2v) is 10.8. The van der Waals surface area contributed by atoms with Gasteiger partial charge in [0.25, 0.3) is 5.56 Å². The number of piperidine rings is 1. The summed E-state index contributed by atoms with van der Waals surface area (Å²) in [4.78, 5) is 39.4. The third-order valence-electron chi connectivity index (χ3n) is 7.61. The van der Waals surface area contributed by atoms with Crippen molar-refractivity contribution in [1.82, 2.24) is 24.3 Å². The molecule has 8 heteroatoms. The fourth-order valence-corrected chi connectivity index (χ4v) is 5.71. The van der Waals surface area contributed by atoms with Gasteiger partial charge >= 0.3 is 0 Å². The smallest absolute Gasteiger partial charge is 0.261 e. The van der Waals surface area contributed by atoms with Crippen LogP contribution in [0.1, 0.15) is 89.2 Å². The van der Waals surface area contributed by atoms with Crippen molar-refractivity contribution in [2.45, 2.75) is 89.6 Å². The topological polar surface area (TPSA) is 83.4 Å². The fourth-order valence-electron chi connectivity index (χ4n) is 5.71. The standard InChI is InChI=1S/C27H42N6O2/c1-5-9-19(2)29-27-28-16-22-25(30-27)23(20-10-7-6-8-11-20)17-33(26(22)35)21-12-14-32(15-13-21)24(34)18-31(3)4/h16-17,19-21H,5-15,18H2,1-4H3,(H,28,29,30). The zero-order valence-electron chi connectivity index (χ0n) is 21.9. The minimum atomic E-state index is -0.00853. The highest BCUT2D eigenvalue weighted by Crippen LogP contribution is 2.36. The van der Waals surface area contributed by atoms with Crippen LogP contribution in [-0.4, -0.2) is 70.0 Å². The largest absolute Gasteiger partial charge is 0.352 e. The molecule has 0 radical (unpaired) electrons. The molecule has 2 fully saturated rings. The lowest BCUT2D eigenvalue weighted by Crippen LogP contribution is -2.44. The van der Waals surface area contributed by atoms with Gasteiger partial charge in [-0.3, -0.25) is 9.59 Å². The van der Waals surface area contributed by atoms with E-state index in [0.717, 1.165) is 44.0 Å². The maximum absolute atomic E-state index is 13.6. The molecule has 2 aromatic rings. The van der Waals surface area contributed by atoms with Crippen molar-refractivity contribution in [3.63, 3.8) is 0 Å². The number of fused-ring (bicyclic) bond motifs is 1. The summed E-state index contributed by atoms with van der Waals surface area (Å²) < 4.78 is 1.94. The van der Waals surface area contributed by atoms with Gasteiger partial charge in [-0.1, -0.05) is 32.6 Å². The molecule has 2 aliphatic rings. The van der Waals surface area contributed by atoms with Crippen LogP contribution in [0, 0.1) is 0 Å². The van der Waals surface area contributed by atoms with Gasteiger partial charge < -0.3 is 19.7 Å². The number of carbonyl (C=O) groups excluding carboxylic acids is 1. The summed E-state index contributed by atoms with van der Waals surface area (Å²) in [5, 5.41) is 4.04. The van der Waals surface area contributed by atoms with Crippen LogP contribution >= 0.6 is 0 Å². The predicted molar refractivity (Wildman–Crippen MR) is 141 cm³/mol. The van der Waals surface area contributed by atoms with Crippen molar-refractivity contribution in [1.29, 1.82) is 0 Å². The molecule has 4 rings (SSSR count). The van der Waals surface area contributed by atoms with Crippen molar-refractivity contribution in [2.24, 2.45) is 0 Å². The van der Waals surface area contributed by atoms with Gasteiger partial charge in [-0.05, 0) is 64.6 Å². The van der Waals surface area contributed by atoms with E-state index >= 15 is 0 Å². The molecular weight excluding hydrogens is 440 g/mol. The molecule has 1 saturated carbocycles. The molecule has 0 spiro atoms. The van der Waals surface area contributed by atoms with Gasteiger partial charge in [-0.15, -0.1) is 0 Å². The summed E-state index contributed by atoms with van der Waals surface area (Å²) in [5.41, 5.74) is 2.00. The van der Waals surface area contributed by atoms with E-state index in [9.17, 15) is 9.59 Å². The molecule has 1 aliphatic carbocycles. The van der Waals surface area contributed by atoms with E-state index in [1.807, 2.05) is 28.5 Å².